The number of hydrogen-bond donors (Lipinski definition) is 1. The van der Waals surface area contributed by atoms with Crippen LogP contribution >= 0.6 is 0 Å². The summed E-state index contributed by atoms with van der Waals surface area (Å²) in [6.07, 6.45) is 3.16. The van der Waals surface area contributed by atoms with E-state index in [-0.39, 0.29) is 18.2 Å². The van der Waals surface area contributed by atoms with Gasteiger partial charge in [0.05, 0.1) is 31.9 Å². The molecule has 0 unspecified atom stereocenters. The van der Waals surface area contributed by atoms with E-state index in [4.69, 9.17) is 14.0 Å². The van der Waals surface area contributed by atoms with Crippen LogP contribution in [0.25, 0.3) is 22.5 Å². The Labute approximate surface area is 185 Å². The van der Waals surface area contributed by atoms with E-state index in [9.17, 15) is 4.79 Å². The molecule has 2 aromatic heterocycles. The van der Waals surface area contributed by atoms with Crippen LogP contribution in [0, 0.1) is 6.92 Å². The molecular weight excluding hydrogens is 408 g/mol. The molecule has 1 amide bonds. The first-order valence-corrected chi connectivity index (χ1v) is 9.92. The largest absolute Gasteiger partial charge is 0.497 e. The molecule has 4 rings (SSSR count). The minimum absolute atomic E-state index is 0.0945. The number of methoxy groups -OCH3 is 2. The van der Waals surface area contributed by atoms with Crippen LogP contribution in [0.1, 0.15) is 11.1 Å². The predicted molar refractivity (Wildman–Crippen MR) is 120 cm³/mol. The van der Waals surface area contributed by atoms with Crippen LogP contribution in [-0.2, 0) is 11.2 Å². The fraction of sp³-hybridized carbons (Fsp3) is 0.167. The molecule has 0 aliphatic carbocycles. The summed E-state index contributed by atoms with van der Waals surface area (Å²) in [5.74, 6) is 1.16. The Bertz CT molecular complexity index is 1220. The van der Waals surface area contributed by atoms with Crippen molar-refractivity contribution in [1.29, 1.82) is 0 Å². The van der Waals surface area contributed by atoms with Gasteiger partial charge in [0.15, 0.2) is 0 Å². The highest BCUT2D eigenvalue weighted by atomic mass is 16.5. The van der Waals surface area contributed by atoms with Gasteiger partial charge < -0.3 is 14.0 Å². The van der Waals surface area contributed by atoms with Crippen molar-refractivity contribution in [2.24, 2.45) is 0 Å². The summed E-state index contributed by atoms with van der Waals surface area (Å²) in [6.45, 7) is 2.00. The summed E-state index contributed by atoms with van der Waals surface area (Å²) in [7, 11) is 3.13. The second-order valence-corrected chi connectivity index (χ2v) is 7.15. The number of nitrogens with zero attached hydrogens (tertiary/aromatic N) is 3. The molecule has 4 aromatic rings. The number of hydrogen-bond acceptors (Lipinski definition) is 7. The Morgan fingerprint density at radius 2 is 1.84 bits per heavy atom. The van der Waals surface area contributed by atoms with Gasteiger partial charge in [-0.15, -0.1) is 0 Å². The summed E-state index contributed by atoms with van der Waals surface area (Å²) >= 11 is 0. The molecule has 0 fully saturated rings. The van der Waals surface area contributed by atoms with Gasteiger partial charge in [-0.1, -0.05) is 28.9 Å². The molecule has 0 bridgehead atoms. The van der Waals surface area contributed by atoms with E-state index in [1.165, 1.54) is 6.33 Å². The van der Waals surface area contributed by atoms with E-state index in [0.29, 0.717) is 28.5 Å². The van der Waals surface area contributed by atoms with Crippen molar-refractivity contribution in [1.82, 2.24) is 15.1 Å². The molecule has 8 heteroatoms. The van der Waals surface area contributed by atoms with Gasteiger partial charge in [0, 0.05) is 17.8 Å². The van der Waals surface area contributed by atoms with E-state index in [0.717, 1.165) is 16.7 Å². The van der Waals surface area contributed by atoms with Crippen molar-refractivity contribution >= 4 is 11.8 Å². The second kappa shape index (κ2) is 9.30. The first-order chi connectivity index (χ1) is 15.6. The normalized spacial score (nSPS) is 10.6. The first-order valence-electron chi connectivity index (χ1n) is 9.92. The van der Waals surface area contributed by atoms with E-state index < -0.39 is 0 Å². The minimum Gasteiger partial charge on any atom is -0.497 e. The molecule has 0 atom stereocenters. The van der Waals surface area contributed by atoms with Crippen molar-refractivity contribution in [2.75, 3.05) is 19.5 Å². The number of amides is 1. The number of aromatic nitrogens is 3. The Morgan fingerprint density at radius 1 is 1.06 bits per heavy atom. The Morgan fingerprint density at radius 3 is 2.50 bits per heavy atom. The molecule has 0 saturated heterocycles. The second-order valence-electron chi connectivity index (χ2n) is 7.15. The van der Waals surface area contributed by atoms with Gasteiger partial charge in [0.2, 0.25) is 11.8 Å². The zero-order chi connectivity index (χ0) is 22.5. The highest BCUT2D eigenvalue weighted by Gasteiger charge is 2.22. The van der Waals surface area contributed by atoms with Crippen LogP contribution in [0.2, 0.25) is 0 Å². The van der Waals surface area contributed by atoms with Gasteiger partial charge in [-0.25, -0.2) is 9.97 Å². The molecule has 0 aliphatic rings. The highest BCUT2D eigenvalue weighted by Crippen LogP contribution is 2.37. The number of carbonyl (C=O) groups excluding carboxylic acids is 1. The SMILES string of the molecule is COc1cc(CC(=O)Nc2onc(-c3cccc(C)c3)c2-c2ccncn2)cc(OC)c1. The van der Waals surface area contributed by atoms with Gasteiger partial charge in [-0.05, 0) is 36.8 Å². The van der Waals surface area contributed by atoms with Gasteiger partial charge in [0.1, 0.15) is 23.5 Å². The highest BCUT2D eigenvalue weighted by molar-refractivity contribution is 5.97. The van der Waals surface area contributed by atoms with Crippen LogP contribution in [0.15, 0.2) is 65.6 Å². The number of carbonyl (C=O) groups is 1. The van der Waals surface area contributed by atoms with Crippen LogP contribution in [0.5, 0.6) is 11.5 Å². The van der Waals surface area contributed by atoms with Crippen LogP contribution in [-0.4, -0.2) is 35.3 Å². The Kier molecular flexibility index (Phi) is 6.12. The summed E-state index contributed by atoms with van der Waals surface area (Å²) in [6, 6.07) is 14.9. The average molecular weight is 430 g/mol. The van der Waals surface area contributed by atoms with Gasteiger partial charge in [0.25, 0.3) is 0 Å². The molecule has 0 spiro atoms. The molecule has 0 saturated carbocycles. The van der Waals surface area contributed by atoms with Crippen molar-refractivity contribution in [3.8, 4) is 34.0 Å². The minimum atomic E-state index is -0.275. The number of benzene rings is 2. The molecule has 8 nitrogen and oxygen atoms in total. The summed E-state index contributed by atoms with van der Waals surface area (Å²) in [4.78, 5) is 21.2. The lowest BCUT2D eigenvalue weighted by Crippen LogP contribution is -2.14. The molecule has 1 N–H and O–H groups in total. The average Bonchev–Trinajstić information content (AvgIpc) is 3.22. The number of anilines is 1. The van der Waals surface area contributed by atoms with E-state index in [1.807, 2.05) is 31.2 Å². The summed E-state index contributed by atoms with van der Waals surface area (Å²) in [5, 5.41) is 7.06. The molecule has 2 heterocycles. The molecule has 162 valence electrons. The first kappa shape index (κ1) is 21.0. The molecule has 0 radical (unpaired) electrons. The summed E-state index contributed by atoms with van der Waals surface area (Å²) in [5.41, 5.74) is 4.45. The fourth-order valence-electron chi connectivity index (χ4n) is 3.37. The predicted octanol–water partition coefficient (Wildman–Crippen LogP) is 4.31. The van der Waals surface area contributed by atoms with Gasteiger partial charge in [-0.3, -0.25) is 10.1 Å². The quantitative estimate of drug-likeness (QED) is 0.466. The maximum Gasteiger partial charge on any atom is 0.241 e. The lowest BCUT2D eigenvalue weighted by atomic mass is 10.0. The Hall–Kier alpha value is -4.20. The third kappa shape index (κ3) is 4.59. The van der Waals surface area contributed by atoms with Gasteiger partial charge >= 0.3 is 0 Å². The van der Waals surface area contributed by atoms with E-state index in [1.54, 1.807) is 44.7 Å². The number of nitrogens with one attached hydrogen (secondary N) is 1. The smallest absolute Gasteiger partial charge is 0.241 e. The summed E-state index contributed by atoms with van der Waals surface area (Å²) < 4.78 is 16.1. The molecule has 2 aromatic carbocycles. The topological polar surface area (TPSA) is 99.4 Å². The number of rotatable bonds is 7. The maximum absolute atomic E-state index is 12.9. The fourth-order valence-corrected chi connectivity index (χ4v) is 3.37. The van der Waals surface area contributed by atoms with Gasteiger partial charge in [-0.2, -0.15) is 0 Å². The zero-order valence-corrected chi connectivity index (χ0v) is 18.0. The van der Waals surface area contributed by atoms with Crippen LogP contribution < -0.4 is 14.8 Å². The maximum atomic E-state index is 12.9. The lowest BCUT2D eigenvalue weighted by molar-refractivity contribution is -0.115. The molecule has 0 aliphatic heterocycles. The Balaban J connectivity index is 1.66. The van der Waals surface area contributed by atoms with Crippen LogP contribution in [0.4, 0.5) is 5.88 Å². The lowest BCUT2D eigenvalue weighted by Gasteiger charge is -2.09. The van der Waals surface area contributed by atoms with Crippen molar-refractivity contribution in [3.05, 3.63) is 72.2 Å². The van der Waals surface area contributed by atoms with Crippen molar-refractivity contribution in [3.63, 3.8) is 0 Å². The van der Waals surface area contributed by atoms with Crippen molar-refractivity contribution in [2.45, 2.75) is 13.3 Å². The van der Waals surface area contributed by atoms with E-state index >= 15 is 0 Å². The number of ether oxygens (including phenoxy) is 2. The van der Waals surface area contributed by atoms with Crippen LogP contribution in [0.3, 0.4) is 0 Å². The number of aryl methyl sites for hydroxylation is 1. The van der Waals surface area contributed by atoms with Crippen molar-refractivity contribution < 1.29 is 18.8 Å². The van der Waals surface area contributed by atoms with E-state index in [2.05, 4.69) is 20.4 Å². The molecule has 32 heavy (non-hydrogen) atoms. The monoisotopic (exact) mass is 430 g/mol. The standard InChI is InChI=1S/C24H22N4O4/c1-15-5-4-6-17(9-15)23-22(20-7-8-25-14-26-20)24(32-28-23)27-21(29)12-16-10-18(30-2)13-19(11-16)31-3/h4-11,13-14H,12H2,1-3H3,(H,27,29). The zero-order valence-electron chi connectivity index (χ0n) is 18.0. The third-order valence-electron chi connectivity index (χ3n) is 4.85. The third-order valence-corrected chi connectivity index (χ3v) is 4.85. The molecular formula is C24H22N4O4.